The Morgan fingerprint density at radius 2 is 2.00 bits per heavy atom. The number of hydrogen-bond donors (Lipinski definition) is 0. The SMILES string of the molecule is C[Si](C)(C)CCCCn1ccnc1. The molecule has 0 aliphatic rings. The van der Waals surface area contributed by atoms with Gasteiger partial charge >= 0.3 is 0 Å². The van der Waals surface area contributed by atoms with Crippen LogP contribution in [0.5, 0.6) is 0 Å². The zero-order chi connectivity index (χ0) is 9.73. The first kappa shape index (κ1) is 10.5. The van der Waals surface area contributed by atoms with Gasteiger partial charge in [-0.15, -0.1) is 0 Å². The van der Waals surface area contributed by atoms with Crippen molar-refractivity contribution in [2.45, 2.75) is 45.1 Å². The van der Waals surface area contributed by atoms with Crippen LogP contribution in [0.15, 0.2) is 18.7 Å². The third-order valence-corrected chi connectivity index (χ3v) is 4.01. The van der Waals surface area contributed by atoms with Crippen molar-refractivity contribution in [3.8, 4) is 0 Å². The van der Waals surface area contributed by atoms with Crippen LogP contribution in [0, 0.1) is 0 Å². The minimum absolute atomic E-state index is 0.804. The number of hydrogen-bond acceptors (Lipinski definition) is 1. The van der Waals surface area contributed by atoms with Crippen molar-refractivity contribution in [2.24, 2.45) is 0 Å². The molecule has 0 saturated heterocycles. The van der Waals surface area contributed by atoms with E-state index in [0.717, 1.165) is 6.54 Å². The van der Waals surface area contributed by atoms with Crippen LogP contribution in [0.4, 0.5) is 0 Å². The van der Waals surface area contributed by atoms with E-state index in [0.29, 0.717) is 0 Å². The summed E-state index contributed by atoms with van der Waals surface area (Å²) in [5, 5.41) is 0. The third-order valence-electron chi connectivity index (χ3n) is 2.15. The van der Waals surface area contributed by atoms with Gasteiger partial charge in [0.2, 0.25) is 0 Å². The number of aromatic nitrogens is 2. The first-order valence-corrected chi connectivity index (χ1v) is 8.74. The van der Waals surface area contributed by atoms with Gasteiger partial charge in [0.1, 0.15) is 0 Å². The van der Waals surface area contributed by atoms with Gasteiger partial charge in [0.15, 0.2) is 0 Å². The Hall–Kier alpha value is -0.573. The Labute approximate surface area is 82.0 Å². The Bertz CT molecular complexity index is 224. The number of imidazole rings is 1. The summed E-state index contributed by atoms with van der Waals surface area (Å²) in [6.07, 6.45) is 8.44. The molecule has 3 heteroatoms. The number of rotatable bonds is 5. The second-order valence-corrected chi connectivity index (χ2v) is 10.4. The van der Waals surface area contributed by atoms with Gasteiger partial charge in [-0.05, 0) is 6.42 Å². The molecule has 0 radical (unpaired) electrons. The molecular formula is C10H20N2Si. The smallest absolute Gasteiger partial charge is 0.0945 e. The van der Waals surface area contributed by atoms with E-state index in [4.69, 9.17) is 0 Å². The molecule has 0 unspecified atom stereocenters. The summed E-state index contributed by atoms with van der Waals surface area (Å²) in [5.74, 6) is 0. The van der Waals surface area contributed by atoms with Gasteiger partial charge in [-0.2, -0.15) is 0 Å². The molecule has 0 N–H and O–H groups in total. The van der Waals surface area contributed by atoms with Crippen LogP contribution in [0.25, 0.3) is 0 Å². The van der Waals surface area contributed by atoms with Crippen LogP contribution in [-0.2, 0) is 6.54 Å². The second kappa shape index (κ2) is 4.60. The fraction of sp³-hybridized carbons (Fsp3) is 0.700. The monoisotopic (exact) mass is 196 g/mol. The molecule has 0 aromatic carbocycles. The van der Waals surface area contributed by atoms with Gasteiger partial charge in [0, 0.05) is 27.0 Å². The molecular weight excluding hydrogens is 176 g/mol. The van der Waals surface area contributed by atoms with Gasteiger partial charge in [0.25, 0.3) is 0 Å². The average Bonchev–Trinajstić information content (AvgIpc) is 2.48. The second-order valence-electron chi connectivity index (χ2n) is 4.82. The maximum Gasteiger partial charge on any atom is 0.0945 e. The number of unbranched alkanes of at least 4 members (excludes halogenated alkanes) is 1. The molecule has 74 valence electrons. The van der Waals surface area contributed by atoms with Crippen molar-refractivity contribution in [2.75, 3.05) is 0 Å². The van der Waals surface area contributed by atoms with Crippen molar-refractivity contribution >= 4 is 8.07 Å². The van der Waals surface area contributed by atoms with Crippen molar-refractivity contribution in [3.05, 3.63) is 18.7 Å². The lowest BCUT2D eigenvalue weighted by molar-refractivity contribution is 0.628. The molecule has 1 rings (SSSR count). The summed E-state index contributed by atoms with van der Waals surface area (Å²) in [5.41, 5.74) is 0. The van der Waals surface area contributed by atoms with Crippen molar-refractivity contribution < 1.29 is 0 Å². The third kappa shape index (κ3) is 4.88. The van der Waals surface area contributed by atoms with E-state index in [1.807, 2.05) is 18.7 Å². The summed E-state index contributed by atoms with van der Waals surface area (Å²) in [6, 6.07) is 1.45. The van der Waals surface area contributed by atoms with Gasteiger partial charge in [-0.25, -0.2) is 4.98 Å². The first-order chi connectivity index (χ1) is 6.08. The molecule has 2 nitrogen and oxygen atoms in total. The van der Waals surface area contributed by atoms with E-state index >= 15 is 0 Å². The zero-order valence-corrected chi connectivity index (χ0v) is 9.95. The Morgan fingerprint density at radius 3 is 2.54 bits per heavy atom. The zero-order valence-electron chi connectivity index (χ0n) is 8.95. The first-order valence-electron chi connectivity index (χ1n) is 5.04. The summed E-state index contributed by atoms with van der Waals surface area (Å²) in [6.45, 7) is 8.43. The molecule has 0 atom stereocenters. The van der Waals surface area contributed by atoms with Gasteiger partial charge in [0.05, 0.1) is 6.33 Å². The average molecular weight is 196 g/mol. The van der Waals surface area contributed by atoms with E-state index in [9.17, 15) is 0 Å². The Kier molecular flexibility index (Phi) is 3.72. The minimum atomic E-state index is -0.804. The molecule has 0 aliphatic heterocycles. The molecule has 1 aromatic heterocycles. The quantitative estimate of drug-likeness (QED) is 0.523. The highest BCUT2D eigenvalue weighted by molar-refractivity contribution is 6.76. The maximum absolute atomic E-state index is 4.02. The van der Waals surface area contributed by atoms with E-state index in [1.54, 1.807) is 0 Å². The lowest BCUT2D eigenvalue weighted by atomic mass is 10.3. The molecule has 1 aromatic rings. The summed E-state index contributed by atoms with van der Waals surface area (Å²) < 4.78 is 2.16. The largest absolute Gasteiger partial charge is 0.337 e. The van der Waals surface area contributed by atoms with Crippen LogP contribution in [-0.4, -0.2) is 17.6 Å². The Balaban J connectivity index is 2.09. The highest BCUT2D eigenvalue weighted by Crippen LogP contribution is 2.13. The maximum atomic E-state index is 4.02. The van der Waals surface area contributed by atoms with Crippen LogP contribution < -0.4 is 0 Å². The summed E-state index contributed by atoms with van der Waals surface area (Å²) >= 11 is 0. The van der Waals surface area contributed by atoms with Crippen LogP contribution in [0.3, 0.4) is 0 Å². The van der Waals surface area contributed by atoms with Crippen LogP contribution in [0.2, 0.25) is 25.7 Å². The van der Waals surface area contributed by atoms with E-state index in [1.165, 1.54) is 18.9 Å². The lowest BCUT2D eigenvalue weighted by Gasteiger charge is -2.14. The lowest BCUT2D eigenvalue weighted by Crippen LogP contribution is -2.18. The van der Waals surface area contributed by atoms with Crippen molar-refractivity contribution in [1.29, 1.82) is 0 Å². The van der Waals surface area contributed by atoms with Gasteiger partial charge in [-0.1, -0.05) is 32.1 Å². The van der Waals surface area contributed by atoms with Crippen molar-refractivity contribution in [3.63, 3.8) is 0 Å². The molecule has 0 bridgehead atoms. The molecule has 0 aliphatic carbocycles. The fourth-order valence-corrected chi connectivity index (χ4v) is 2.68. The molecule has 13 heavy (non-hydrogen) atoms. The van der Waals surface area contributed by atoms with E-state index < -0.39 is 8.07 Å². The van der Waals surface area contributed by atoms with E-state index in [2.05, 4.69) is 29.2 Å². The molecule has 1 heterocycles. The van der Waals surface area contributed by atoms with Crippen LogP contribution >= 0.6 is 0 Å². The highest BCUT2D eigenvalue weighted by Gasteiger charge is 2.11. The standard InChI is InChI=1S/C10H20N2Si/c1-13(2,3)9-5-4-7-12-8-6-11-10-12/h6,8,10H,4-5,7,9H2,1-3H3. The van der Waals surface area contributed by atoms with Crippen LogP contribution in [0.1, 0.15) is 12.8 Å². The molecule has 0 fully saturated rings. The predicted octanol–water partition coefficient (Wildman–Crippen LogP) is 3.00. The van der Waals surface area contributed by atoms with Crippen molar-refractivity contribution in [1.82, 2.24) is 9.55 Å². The van der Waals surface area contributed by atoms with Gasteiger partial charge in [-0.3, -0.25) is 0 Å². The number of aryl methyl sites for hydroxylation is 1. The fourth-order valence-electron chi connectivity index (χ4n) is 1.37. The van der Waals surface area contributed by atoms with Gasteiger partial charge < -0.3 is 4.57 Å². The number of nitrogens with zero attached hydrogens (tertiary/aromatic N) is 2. The summed E-state index contributed by atoms with van der Waals surface area (Å²) in [4.78, 5) is 4.02. The molecule has 0 amide bonds. The highest BCUT2D eigenvalue weighted by atomic mass is 28.3. The Morgan fingerprint density at radius 1 is 1.23 bits per heavy atom. The van der Waals surface area contributed by atoms with E-state index in [-0.39, 0.29) is 0 Å². The predicted molar refractivity (Wildman–Crippen MR) is 59.6 cm³/mol. The topological polar surface area (TPSA) is 17.8 Å². The summed E-state index contributed by atoms with van der Waals surface area (Å²) in [7, 11) is -0.804. The normalized spacial score (nSPS) is 11.9. The molecule has 0 saturated carbocycles. The minimum Gasteiger partial charge on any atom is -0.337 e. The molecule has 0 spiro atoms.